The lowest BCUT2D eigenvalue weighted by atomic mass is 9.88. The summed E-state index contributed by atoms with van der Waals surface area (Å²) in [6.45, 7) is 7.05. The van der Waals surface area contributed by atoms with E-state index in [1.54, 1.807) is 6.92 Å². The van der Waals surface area contributed by atoms with Gasteiger partial charge in [0.1, 0.15) is 0 Å². The third-order valence-corrected chi connectivity index (χ3v) is 7.05. The number of ether oxygens (including phenoxy) is 1. The van der Waals surface area contributed by atoms with Crippen LogP contribution >= 0.6 is 7.60 Å². The Balaban J connectivity index is 2.15. The summed E-state index contributed by atoms with van der Waals surface area (Å²) in [5.41, 5.74) is 1.23. The average Bonchev–Trinajstić information content (AvgIpc) is 2.73. The first kappa shape index (κ1) is 24.4. The molecular formula is C23H34NO5P. The van der Waals surface area contributed by atoms with Crippen molar-refractivity contribution in [2.45, 2.75) is 46.0 Å². The van der Waals surface area contributed by atoms with E-state index in [0.29, 0.717) is 38.9 Å². The van der Waals surface area contributed by atoms with Gasteiger partial charge in [0.05, 0.1) is 26.0 Å². The lowest BCUT2D eigenvalue weighted by molar-refractivity contribution is 0.152. The zero-order valence-corrected chi connectivity index (χ0v) is 19.2. The van der Waals surface area contributed by atoms with E-state index in [0.717, 1.165) is 12.8 Å². The van der Waals surface area contributed by atoms with Crippen LogP contribution in [-0.4, -0.2) is 38.6 Å². The number of amides is 1. The quantitative estimate of drug-likeness (QED) is 0.304. The average molecular weight is 436 g/mol. The van der Waals surface area contributed by atoms with E-state index >= 15 is 0 Å². The van der Waals surface area contributed by atoms with Gasteiger partial charge in [-0.05, 0) is 62.3 Å². The van der Waals surface area contributed by atoms with Crippen LogP contribution in [0, 0.1) is 0 Å². The Labute approximate surface area is 179 Å². The molecule has 1 atom stereocenters. The Morgan fingerprint density at radius 2 is 1.67 bits per heavy atom. The summed E-state index contributed by atoms with van der Waals surface area (Å²) in [6.07, 6.45) is 2.30. The number of carbonyl (C=O) groups is 1. The molecule has 0 radical (unpaired) electrons. The maximum Gasteiger partial charge on any atom is 0.407 e. The van der Waals surface area contributed by atoms with Crippen molar-refractivity contribution in [3.8, 4) is 0 Å². The zero-order chi connectivity index (χ0) is 21.8. The molecule has 0 heterocycles. The second-order valence-corrected chi connectivity index (χ2v) is 9.20. The van der Waals surface area contributed by atoms with E-state index in [9.17, 15) is 9.36 Å². The molecule has 2 rings (SSSR count). The van der Waals surface area contributed by atoms with E-state index in [2.05, 4.69) is 35.6 Å². The molecular weight excluding hydrogens is 401 g/mol. The van der Waals surface area contributed by atoms with Gasteiger partial charge in [0.25, 0.3) is 0 Å². The Morgan fingerprint density at radius 3 is 2.37 bits per heavy atom. The van der Waals surface area contributed by atoms with Crippen molar-refractivity contribution in [2.24, 2.45) is 0 Å². The minimum Gasteiger partial charge on any atom is -0.450 e. The fourth-order valence-corrected chi connectivity index (χ4v) is 5.40. The molecule has 0 saturated carbocycles. The minimum atomic E-state index is -3.11. The van der Waals surface area contributed by atoms with E-state index in [-0.39, 0.29) is 5.92 Å². The highest BCUT2D eigenvalue weighted by Gasteiger charge is 2.26. The monoisotopic (exact) mass is 435 g/mol. The van der Waals surface area contributed by atoms with Crippen molar-refractivity contribution in [1.29, 1.82) is 0 Å². The number of hydrogen-bond acceptors (Lipinski definition) is 5. The van der Waals surface area contributed by atoms with Crippen LogP contribution in [0.5, 0.6) is 0 Å². The highest BCUT2D eigenvalue weighted by atomic mass is 31.2. The van der Waals surface area contributed by atoms with Crippen LogP contribution in [0.3, 0.4) is 0 Å². The van der Waals surface area contributed by atoms with Crippen LogP contribution in [0.15, 0.2) is 42.5 Å². The van der Waals surface area contributed by atoms with Crippen LogP contribution in [0.25, 0.3) is 10.8 Å². The number of hydrogen-bond donors (Lipinski definition) is 1. The third kappa shape index (κ3) is 7.42. The molecule has 1 N–H and O–H groups in total. The third-order valence-electron chi connectivity index (χ3n) is 4.94. The molecule has 2 aromatic rings. The van der Waals surface area contributed by atoms with Gasteiger partial charge in [-0.1, -0.05) is 42.5 Å². The Morgan fingerprint density at radius 1 is 0.967 bits per heavy atom. The second-order valence-electron chi connectivity index (χ2n) is 7.01. The number of alkyl carbamates (subject to hydrolysis) is 1. The van der Waals surface area contributed by atoms with Gasteiger partial charge in [0.15, 0.2) is 0 Å². The van der Waals surface area contributed by atoms with Gasteiger partial charge in [-0.25, -0.2) is 4.79 Å². The predicted octanol–water partition coefficient (Wildman–Crippen LogP) is 6.11. The lowest BCUT2D eigenvalue weighted by Crippen LogP contribution is -2.25. The van der Waals surface area contributed by atoms with Crippen molar-refractivity contribution >= 4 is 24.5 Å². The molecule has 30 heavy (non-hydrogen) atoms. The van der Waals surface area contributed by atoms with Crippen molar-refractivity contribution < 1.29 is 23.1 Å². The molecule has 0 aromatic heterocycles. The summed E-state index contributed by atoms with van der Waals surface area (Å²) in [6, 6.07) is 14.6. The summed E-state index contributed by atoms with van der Waals surface area (Å²) in [7, 11) is -3.11. The van der Waals surface area contributed by atoms with Crippen molar-refractivity contribution in [1.82, 2.24) is 5.32 Å². The van der Waals surface area contributed by atoms with Crippen LogP contribution in [0.1, 0.15) is 51.5 Å². The van der Waals surface area contributed by atoms with Gasteiger partial charge in [-0.15, -0.1) is 0 Å². The first-order valence-electron chi connectivity index (χ1n) is 10.8. The maximum absolute atomic E-state index is 13.0. The Bertz CT molecular complexity index is 826. The van der Waals surface area contributed by atoms with E-state index in [1.807, 2.05) is 26.0 Å². The molecule has 0 fully saturated rings. The summed E-state index contributed by atoms with van der Waals surface area (Å²) in [4.78, 5) is 11.5. The van der Waals surface area contributed by atoms with E-state index in [1.165, 1.54) is 16.3 Å². The first-order chi connectivity index (χ1) is 14.5. The SMILES string of the molecule is CCOC(=O)NCCCC(CCP(=O)(OCC)OCC)c1cccc2ccccc12. The smallest absolute Gasteiger partial charge is 0.407 e. The molecule has 0 spiro atoms. The number of fused-ring (bicyclic) bond motifs is 1. The van der Waals surface area contributed by atoms with Gasteiger partial charge in [0.2, 0.25) is 0 Å². The number of benzene rings is 2. The molecule has 6 nitrogen and oxygen atoms in total. The summed E-state index contributed by atoms with van der Waals surface area (Å²) in [5.74, 6) is 0.175. The second kappa shape index (κ2) is 12.7. The topological polar surface area (TPSA) is 73.9 Å². The summed E-state index contributed by atoms with van der Waals surface area (Å²) < 4.78 is 28.9. The van der Waals surface area contributed by atoms with Crippen LogP contribution in [0.4, 0.5) is 4.79 Å². The number of nitrogens with one attached hydrogen (secondary N) is 1. The van der Waals surface area contributed by atoms with E-state index in [4.69, 9.17) is 13.8 Å². The Hall–Kier alpha value is -1.88. The van der Waals surface area contributed by atoms with Crippen LogP contribution in [-0.2, 0) is 18.3 Å². The lowest BCUT2D eigenvalue weighted by Gasteiger charge is -2.23. The molecule has 0 aliphatic rings. The standard InChI is InChI=1S/C23H34NO5P/c1-4-27-23(25)24-17-10-13-20(16-18-30(26,28-5-2)29-6-3)22-15-9-12-19-11-7-8-14-21(19)22/h7-9,11-12,14-15,20H,4-6,10,13,16-18H2,1-3H3,(H,24,25). The zero-order valence-electron chi connectivity index (χ0n) is 18.3. The largest absolute Gasteiger partial charge is 0.450 e. The van der Waals surface area contributed by atoms with Crippen molar-refractivity contribution in [2.75, 3.05) is 32.5 Å². The molecule has 1 unspecified atom stereocenters. The predicted molar refractivity (Wildman–Crippen MR) is 121 cm³/mol. The molecule has 0 aliphatic carbocycles. The van der Waals surface area contributed by atoms with Gasteiger partial charge in [0, 0.05) is 6.54 Å². The van der Waals surface area contributed by atoms with Gasteiger partial charge in [-0.2, -0.15) is 0 Å². The molecule has 166 valence electrons. The van der Waals surface area contributed by atoms with Gasteiger partial charge < -0.3 is 19.1 Å². The number of rotatable bonds is 13. The molecule has 0 aliphatic heterocycles. The minimum absolute atomic E-state index is 0.175. The van der Waals surface area contributed by atoms with Crippen LogP contribution < -0.4 is 5.32 Å². The van der Waals surface area contributed by atoms with Crippen molar-refractivity contribution in [3.63, 3.8) is 0 Å². The fraction of sp³-hybridized carbons (Fsp3) is 0.522. The fourth-order valence-electron chi connectivity index (χ4n) is 3.66. The first-order valence-corrected chi connectivity index (χ1v) is 12.5. The van der Waals surface area contributed by atoms with Crippen LogP contribution in [0.2, 0.25) is 0 Å². The van der Waals surface area contributed by atoms with Gasteiger partial charge >= 0.3 is 13.7 Å². The normalized spacial score (nSPS) is 12.6. The highest BCUT2D eigenvalue weighted by molar-refractivity contribution is 7.53. The highest BCUT2D eigenvalue weighted by Crippen LogP contribution is 2.50. The Kier molecular flexibility index (Phi) is 10.4. The molecule has 2 aromatic carbocycles. The van der Waals surface area contributed by atoms with Gasteiger partial charge in [-0.3, -0.25) is 4.57 Å². The summed E-state index contributed by atoms with van der Waals surface area (Å²) in [5, 5.41) is 5.16. The van der Waals surface area contributed by atoms with E-state index < -0.39 is 13.7 Å². The molecule has 0 bridgehead atoms. The molecule has 1 amide bonds. The molecule has 7 heteroatoms. The molecule has 0 saturated heterocycles. The summed E-state index contributed by atoms with van der Waals surface area (Å²) >= 11 is 0. The maximum atomic E-state index is 13.0. The van der Waals surface area contributed by atoms with Crippen molar-refractivity contribution in [3.05, 3.63) is 48.0 Å². The number of carbonyl (C=O) groups excluding carboxylic acids is 1.